The molecule has 2 aromatic rings. The van der Waals surface area contributed by atoms with Gasteiger partial charge in [-0.05, 0) is 50.1 Å². The lowest BCUT2D eigenvalue weighted by molar-refractivity contribution is -0.122. The fraction of sp³-hybridized carbons (Fsp3) is 0.316. The van der Waals surface area contributed by atoms with Crippen LogP contribution in [0.5, 0.6) is 5.75 Å². The number of rotatable bonds is 4. The molecule has 1 aliphatic rings. The third-order valence-corrected chi connectivity index (χ3v) is 6.13. The normalized spacial score (nSPS) is 16.6. The highest BCUT2D eigenvalue weighted by Gasteiger charge is 2.36. The average Bonchev–Trinajstić information content (AvgIpc) is 2.63. The van der Waals surface area contributed by atoms with Gasteiger partial charge in [0.2, 0.25) is 10.0 Å². The van der Waals surface area contributed by atoms with E-state index in [9.17, 15) is 13.2 Å². The highest BCUT2D eigenvalue weighted by atomic mass is 32.2. The lowest BCUT2D eigenvalue weighted by Crippen LogP contribution is -2.49. The molecule has 3 rings (SSSR count). The van der Waals surface area contributed by atoms with Gasteiger partial charge >= 0.3 is 0 Å². The zero-order chi connectivity index (χ0) is 18.9. The summed E-state index contributed by atoms with van der Waals surface area (Å²) in [4.78, 5) is 12.7. The molecule has 6 nitrogen and oxygen atoms in total. The first-order valence-corrected chi connectivity index (χ1v) is 10.1. The lowest BCUT2D eigenvalue weighted by Gasteiger charge is -2.34. The van der Waals surface area contributed by atoms with E-state index < -0.39 is 16.1 Å². The largest absolute Gasteiger partial charge is 0.476 e. The Bertz CT molecular complexity index is 940. The van der Waals surface area contributed by atoms with Gasteiger partial charge in [-0.25, -0.2) is 8.42 Å². The number of hydrogen-bond donors (Lipinski definition) is 1. The summed E-state index contributed by atoms with van der Waals surface area (Å²) in [6, 6.07) is 12.6. The predicted molar refractivity (Wildman–Crippen MR) is 102 cm³/mol. The first kappa shape index (κ1) is 18.3. The van der Waals surface area contributed by atoms with Crippen LogP contribution in [0.4, 0.5) is 11.4 Å². The summed E-state index contributed by atoms with van der Waals surface area (Å²) in [7, 11) is -3.52. The van der Waals surface area contributed by atoms with Crippen LogP contribution in [-0.2, 0) is 14.8 Å². The zero-order valence-corrected chi connectivity index (χ0v) is 15.8. The van der Waals surface area contributed by atoms with E-state index in [0.717, 1.165) is 11.1 Å². The van der Waals surface area contributed by atoms with E-state index in [-0.39, 0.29) is 18.2 Å². The summed E-state index contributed by atoms with van der Waals surface area (Å²) in [5, 5.41) is 2.86. The number of hydrogen-bond acceptors (Lipinski definition) is 4. The van der Waals surface area contributed by atoms with Crippen LogP contribution in [-0.4, -0.2) is 32.7 Å². The Kier molecular flexibility index (Phi) is 4.91. The summed E-state index contributed by atoms with van der Waals surface area (Å²) in [5.74, 6) is -0.0338. The maximum Gasteiger partial charge on any atom is 0.267 e. The van der Waals surface area contributed by atoms with Gasteiger partial charge in [0, 0.05) is 5.69 Å². The third-order valence-electron chi connectivity index (χ3n) is 4.38. The summed E-state index contributed by atoms with van der Waals surface area (Å²) in [6.45, 7) is 5.38. The predicted octanol–water partition coefficient (Wildman–Crippen LogP) is 2.86. The van der Waals surface area contributed by atoms with E-state index in [1.54, 1.807) is 31.2 Å². The van der Waals surface area contributed by atoms with Gasteiger partial charge in [-0.15, -0.1) is 0 Å². The molecule has 1 atom stereocenters. The van der Waals surface area contributed by atoms with Crippen molar-refractivity contribution in [2.75, 3.05) is 21.9 Å². The maximum atomic E-state index is 12.7. The van der Waals surface area contributed by atoms with Crippen molar-refractivity contribution in [2.45, 2.75) is 26.9 Å². The zero-order valence-electron chi connectivity index (χ0n) is 15.0. The second kappa shape index (κ2) is 6.99. The number of carbonyl (C=O) groups is 1. The second-order valence-electron chi connectivity index (χ2n) is 6.31. The molecule has 1 heterocycles. The highest BCUT2D eigenvalue weighted by Crippen LogP contribution is 2.35. The number of sulfonamides is 1. The Labute approximate surface area is 153 Å². The minimum atomic E-state index is -3.52. The minimum absolute atomic E-state index is 0.0489. The number of benzene rings is 2. The Hall–Kier alpha value is -2.54. The molecule has 0 aliphatic carbocycles. The smallest absolute Gasteiger partial charge is 0.267 e. The highest BCUT2D eigenvalue weighted by molar-refractivity contribution is 7.92. The van der Waals surface area contributed by atoms with E-state index in [4.69, 9.17) is 4.74 Å². The molecular weight excluding hydrogens is 352 g/mol. The third kappa shape index (κ3) is 3.53. The number of anilines is 2. The van der Waals surface area contributed by atoms with E-state index in [1.165, 1.54) is 4.31 Å². The molecule has 138 valence electrons. The summed E-state index contributed by atoms with van der Waals surface area (Å²) >= 11 is 0. The fourth-order valence-electron chi connectivity index (χ4n) is 2.84. The van der Waals surface area contributed by atoms with E-state index >= 15 is 0 Å². The summed E-state index contributed by atoms with van der Waals surface area (Å²) < 4.78 is 32.0. The van der Waals surface area contributed by atoms with Gasteiger partial charge in [0.15, 0.2) is 6.10 Å². The van der Waals surface area contributed by atoms with Crippen molar-refractivity contribution >= 4 is 27.3 Å². The molecule has 0 bridgehead atoms. The van der Waals surface area contributed by atoms with Crippen molar-refractivity contribution in [1.29, 1.82) is 0 Å². The number of amides is 1. The second-order valence-corrected chi connectivity index (χ2v) is 8.50. The molecule has 1 aliphatic heterocycles. The van der Waals surface area contributed by atoms with Gasteiger partial charge in [0.05, 0.1) is 18.0 Å². The Morgan fingerprint density at radius 2 is 1.96 bits per heavy atom. The quantitative estimate of drug-likeness (QED) is 0.893. The number of ether oxygens (including phenoxy) is 1. The van der Waals surface area contributed by atoms with Crippen molar-refractivity contribution in [3.8, 4) is 5.75 Å². The molecule has 7 heteroatoms. The molecule has 0 aromatic heterocycles. The number of carbonyl (C=O) groups excluding carboxylic acids is 1. The van der Waals surface area contributed by atoms with Gasteiger partial charge in [0.25, 0.3) is 5.91 Å². The van der Waals surface area contributed by atoms with E-state index in [1.807, 2.05) is 32.0 Å². The average molecular weight is 374 g/mol. The Balaban J connectivity index is 1.90. The first-order valence-electron chi connectivity index (χ1n) is 8.46. The molecule has 0 unspecified atom stereocenters. The first-order chi connectivity index (χ1) is 12.3. The maximum absolute atomic E-state index is 12.7. The summed E-state index contributed by atoms with van der Waals surface area (Å²) in [6.07, 6.45) is -0.925. The van der Waals surface area contributed by atoms with E-state index in [0.29, 0.717) is 17.1 Å². The molecule has 1 amide bonds. The van der Waals surface area contributed by atoms with Crippen molar-refractivity contribution < 1.29 is 17.9 Å². The number of nitrogens with zero attached hydrogens (tertiary/aromatic N) is 1. The van der Waals surface area contributed by atoms with Gasteiger partial charge in [-0.2, -0.15) is 0 Å². The summed E-state index contributed by atoms with van der Waals surface area (Å²) in [5.41, 5.74) is 3.11. The van der Waals surface area contributed by atoms with Crippen LogP contribution in [0.25, 0.3) is 0 Å². The topological polar surface area (TPSA) is 75.7 Å². The molecule has 0 saturated heterocycles. The van der Waals surface area contributed by atoms with Crippen molar-refractivity contribution in [1.82, 2.24) is 0 Å². The van der Waals surface area contributed by atoms with Crippen LogP contribution in [0.15, 0.2) is 42.5 Å². The number of para-hydroxylation sites is 2. The Morgan fingerprint density at radius 3 is 2.69 bits per heavy atom. The number of nitrogens with one attached hydrogen (secondary N) is 1. The van der Waals surface area contributed by atoms with Crippen molar-refractivity contribution in [3.05, 3.63) is 53.6 Å². The monoisotopic (exact) mass is 374 g/mol. The Morgan fingerprint density at radius 1 is 1.23 bits per heavy atom. The molecule has 0 fully saturated rings. The van der Waals surface area contributed by atoms with Gasteiger partial charge < -0.3 is 10.1 Å². The molecular formula is C19H22N2O4S. The van der Waals surface area contributed by atoms with E-state index in [2.05, 4.69) is 5.32 Å². The van der Waals surface area contributed by atoms with Crippen LogP contribution < -0.4 is 14.4 Å². The van der Waals surface area contributed by atoms with Gasteiger partial charge in [-0.1, -0.05) is 24.3 Å². The number of fused-ring (bicyclic) bond motifs is 1. The standard InChI is InChI=1S/C19H22N2O4S/c1-4-26(23,24)21-12-18(25-17-8-6-5-7-16(17)21)19(22)20-15-11-13(2)9-10-14(15)3/h5-11,18H,4,12H2,1-3H3,(H,20,22)/t18-/m0/s1. The molecule has 0 saturated carbocycles. The lowest BCUT2D eigenvalue weighted by atomic mass is 10.1. The molecule has 0 spiro atoms. The van der Waals surface area contributed by atoms with Gasteiger partial charge in [-0.3, -0.25) is 9.10 Å². The van der Waals surface area contributed by atoms with Crippen LogP contribution in [0.3, 0.4) is 0 Å². The SMILES string of the molecule is CCS(=O)(=O)N1C[C@@H](C(=O)Nc2cc(C)ccc2C)Oc2ccccc21. The van der Waals surface area contributed by atoms with Crippen LogP contribution in [0.1, 0.15) is 18.1 Å². The number of aryl methyl sites for hydroxylation is 2. The van der Waals surface area contributed by atoms with Crippen LogP contribution in [0.2, 0.25) is 0 Å². The van der Waals surface area contributed by atoms with Crippen LogP contribution in [0, 0.1) is 13.8 Å². The van der Waals surface area contributed by atoms with Gasteiger partial charge in [0.1, 0.15) is 5.75 Å². The van der Waals surface area contributed by atoms with Crippen LogP contribution >= 0.6 is 0 Å². The molecule has 26 heavy (non-hydrogen) atoms. The van der Waals surface area contributed by atoms with Crippen molar-refractivity contribution in [3.63, 3.8) is 0 Å². The molecule has 2 aromatic carbocycles. The molecule has 0 radical (unpaired) electrons. The minimum Gasteiger partial charge on any atom is -0.476 e. The van der Waals surface area contributed by atoms with Crippen molar-refractivity contribution in [2.24, 2.45) is 0 Å². The fourth-order valence-corrected chi connectivity index (χ4v) is 3.97. The molecule has 1 N–H and O–H groups in total.